The molecule has 0 saturated carbocycles. The lowest BCUT2D eigenvalue weighted by Crippen LogP contribution is -2.20. The SMILES string of the molecule is Cn1c(=O)n(-c2ccc(F)cc2)c2ncccc21. The van der Waals surface area contributed by atoms with Crippen molar-refractivity contribution in [3.8, 4) is 5.69 Å². The molecule has 0 spiro atoms. The summed E-state index contributed by atoms with van der Waals surface area (Å²) in [6, 6.07) is 9.36. The minimum Gasteiger partial charge on any atom is -0.293 e. The molecule has 5 heteroatoms. The number of aromatic nitrogens is 3. The van der Waals surface area contributed by atoms with Crippen LogP contribution < -0.4 is 5.69 Å². The molecular formula is C13H10FN3O. The van der Waals surface area contributed by atoms with Crippen molar-refractivity contribution in [2.45, 2.75) is 0 Å². The molecule has 0 atom stereocenters. The molecule has 0 N–H and O–H groups in total. The quantitative estimate of drug-likeness (QED) is 0.654. The predicted octanol–water partition coefficient (Wildman–Crippen LogP) is 1.86. The Kier molecular flexibility index (Phi) is 2.26. The molecule has 0 fully saturated rings. The second kappa shape index (κ2) is 3.80. The van der Waals surface area contributed by atoms with Crippen LogP contribution in [0, 0.1) is 5.82 Å². The van der Waals surface area contributed by atoms with Crippen molar-refractivity contribution in [1.29, 1.82) is 0 Å². The zero-order valence-corrected chi connectivity index (χ0v) is 9.67. The van der Waals surface area contributed by atoms with E-state index in [-0.39, 0.29) is 11.5 Å². The third-order valence-electron chi connectivity index (χ3n) is 2.90. The van der Waals surface area contributed by atoms with Gasteiger partial charge in [-0.25, -0.2) is 18.7 Å². The third kappa shape index (κ3) is 1.44. The van der Waals surface area contributed by atoms with E-state index in [0.29, 0.717) is 11.3 Å². The Balaban J connectivity index is 2.39. The molecule has 0 bridgehead atoms. The maximum atomic E-state index is 12.9. The minimum atomic E-state index is -0.333. The van der Waals surface area contributed by atoms with E-state index in [4.69, 9.17) is 0 Å². The van der Waals surface area contributed by atoms with Gasteiger partial charge in [0.25, 0.3) is 0 Å². The summed E-state index contributed by atoms with van der Waals surface area (Å²) in [6.45, 7) is 0. The molecule has 0 radical (unpaired) electrons. The van der Waals surface area contributed by atoms with Crippen molar-refractivity contribution in [2.75, 3.05) is 0 Å². The fourth-order valence-corrected chi connectivity index (χ4v) is 1.99. The molecule has 0 aliphatic heterocycles. The maximum absolute atomic E-state index is 12.9. The Morgan fingerprint density at radius 2 is 1.89 bits per heavy atom. The molecule has 0 aliphatic rings. The highest BCUT2D eigenvalue weighted by molar-refractivity contribution is 5.73. The number of fused-ring (bicyclic) bond motifs is 1. The van der Waals surface area contributed by atoms with Crippen LogP contribution in [0.1, 0.15) is 0 Å². The first-order chi connectivity index (χ1) is 8.68. The summed E-state index contributed by atoms with van der Waals surface area (Å²) in [5.41, 5.74) is 1.71. The second-order valence-corrected chi connectivity index (χ2v) is 4.00. The van der Waals surface area contributed by atoms with Crippen LogP contribution >= 0.6 is 0 Å². The highest BCUT2D eigenvalue weighted by Crippen LogP contribution is 2.14. The Morgan fingerprint density at radius 1 is 1.17 bits per heavy atom. The smallest absolute Gasteiger partial charge is 0.293 e. The van der Waals surface area contributed by atoms with Gasteiger partial charge in [0.1, 0.15) is 5.82 Å². The van der Waals surface area contributed by atoms with Crippen molar-refractivity contribution in [3.05, 3.63) is 58.9 Å². The summed E-state index contributed by atoms with van der Waals surface area (Å²) in [5.74, 6) is -0.333. The van der Waals surface area contributed by atoms with Crippen LogP contribution in [0.5, 0.6) is 0 Å². The molecule has 3 rings (SSSR count). The lowest BCUT2D eigenvalue weighted by atomic mass is 10.3. The van der Waals surface area contributed by atoms with Crippen molar-refractivity contribution >= 4 is 11.2 Å². The summed E-state index contributed by atoms with van der Waals surface area (Å²) in [5, 5.41) is 0. The zero-order chi connectivity index (χ0) is 12.7. The summed E-state index contributed by atoms with van der Waals surface area (Å²) >= 11 is 0. The van der Waals surface area contributed by atoms with Gasteiger partial charge in [-0.15, -0.1) is 0 Å². The van der Waals surface area contributed by atoms with E-state index in [1.807, 2.05) is 6.07 Å². The number of rotatable bonds is 1. The number of imidazole rings is 1. The van der Waals surface area contributed by atoms with Crippen LogP contribution in [-0.4, -0.2) is 14.1 Å². The van der Waals surface area contributed by atoms with Gasteiger partial charge in [0.2, 0.25) is 0 Å². The van der Waals surface area contributed by atoms with E-state index in [0.717, 1.165) is 5.52 Å². The fraction of sp³-hybridized carbons (Fsp3) is 0.0769. The second-order valence-electron chi connectivity index (χ2n) is 4.00. The Labute approximate surface area is 102 Å². The maximum Gasteiger partial charge on any atom is 0.334 e. The average Bonchev–Trinajstić information content (AvgIpc) is 2.64. The van der Waals surface area contributed by atoms with Gasteiger partial charge >= 0.3 is 5.69 Å². The van der Waals surface area contributed by atoms with Gasteiger partial charge in [0.05, 0.1) is 11.2 Å². The lowest BCUT2D eigenvalue weighted by molar-refractivity contribution is 0.627. The normalized spacial score (nSPS) is 11.0. The molecule has 2 aromatic heterocycles. The van der Waals surface area contributed by atoms with Gasteiger partial charge in [-0.1, -0.05) is 0 Å². The number of hydrogen-bond donors (Lipinski definition) is 0. The molecule has 2 heterocycles. The van der Waals surface area contributed by atoms with Crippen LogP contribution in [0.15, 0.2) is 47.4 Å². The predicted molar refractivity (Wildman–Crippen MR) is 66.3 cm³/mol. The van der Waals surface area contributed by atoms with Gasteiger partial charge in [-0.3, -0.25) is 4.57 Å². The van der Waals surface area contributed by atoms with Crippen LogP contribution in [0.3, 0.4) is 0 Å². The van der Waals surface area contributed by atoms with E-state index in [1.54, 1.807) is 31.4 Å². The fourth-order valence-electron chi connectivity index (χ4n) is 1.99. The molecule has 90 valence electrons. The number of halogens is 1. The summed E-state index contributed by atoms with van der Waals surface area (Å²) in [7, 11) is 1.69. The van der Waals surface area contributed by atoms with Crippen LogP contribution in [0.2, 0.25) is 0 Å². The molecule has 0 aliphatic carbocycles. The first-order valence-electron chi connectivity index (χ1n) is 5.47. The Hall–Kier alpha value is -2.43. The number of nitrogens with zero attached hydrogens (tertiary/aromatic N) is 3. The monoisotopic (exact) mass is 243 g/mol. The first-order valence-corrected chi connectivity index (χ1v) is 5.47. The van der Waals surface area contributed by atoms with Gasteiger partial charge < -0.3 is 0 Å². The topological polar surface area (TPSA) is 39.8 Å². The molecular weight excluding hydrogens is 233 g/mol. The van der Waals surface area contributed by atoms with Crippen LogP contribution in [0.25, 0.3) is 16.9 Å². The van der Waals surface area contributed by atoms with E-state index < -0.39 is 0 Å². The lowest BCUT2D eigenvalue weighted by Gasteiger charge is -2.01. The largest absolute Gasteiger partial charge is 0.334 e. The standard InChI is InChI=1S/C13H10FN3O/c1-16-11-3-2-8-15-12(11)17(13(16)18)10-6-4-9(14)5-7-10/h2-8H,1H3. The molecule has 18 heavy (non-hydrogen) atoms. The summed E-state index contributed by atoms with van der Waals surface area (Å²) < 4.78 is 15.9. The van der Waals surface area contributed by atoms with Crippen LogP contribution in [-0.2, 0) is 7.05 Å². The van der Waals surface area contributed by atoms with Gasteiger partial charge in [0.15, 0.2) is 5.65 Å². The third-order valence-corrected chi connectivity index (χ3v) is 2.90. The highest BCUT2D eigenvalue weighted by Gasteiger charge is 2.12. The molecule has 4 nitrogen and oxygen atoms in total. The summed E-state index contributed by atoms with van der Waals surface area (Å²) in [6.07, 6.45) is 1.63. The molecule has 0 saturated heterocycles. The number of hydrogen-bond acceptors (Lipinski definition) is 2. The van der Waals surface area contributed by atoms with Gasteiger partial charge in [-0.2, -0.15) is 0 Å². The van der Waals surface area contributed by atoms with E-state index in [2.05, 4.69) is 4.98 Å². The number of pyridine rings is 1. The van der Waals surface area contributed by atoms with E-state index >= 15 is 0 Å². The van der Waals surface area contributed by atoms with Gasteiger partial charge in [0, 0.05) is 13.2 Å². The minimum absolute atomic E-state index is 0.199. The van der Waals surface area contributed by atoms with Crippen molar-refractivity contribution < 1.29 is 4.39 Å². The van der Waals surface area contributed by atoms with Crippen molar-refractivity contribution in [2.24, 2.45) is 7.05 Å². The Bertz CT molecular complexity index is 771. The Morgan fingerprint density at radius 3 is 2.61 bits per heavy atom. The zero-order valence-electron chi connectivity index (χ0n) is 9.67. The molecule has 3 aromatic rings. The summed E-state index contributed by atoms with van der Waals surface area (Å²) in [4.78, 5) is 16.4. The molecule has 0 amide bonds. The van der Waals surface area contributed by atoms with Crippen LogP contribution in [0.4, 0.5) is 4.39 Å². The van der Waals surface area contributed by atoms with Crippen molar-refractivity contribution in [3.63, 3.8) is 0 Å². The first kappa shape index (κ1) is 10.7. The van der Waals surface area contributed by atoms with E-state index in [1.165, 1.54) is 21.3 Å². The molecule has 1 aromatic carbocycles. The van der Waals surface area contributed by atoms with Gasteiger partial charge in [-0.05, 0) is 36.4 Å². The highest BCUT2D eigenvalue weighted by atomic mass is 19.1. The number of benzene rings is 1. The van der Waals surface area contributed by atoms with Crippen molar-refractivity contribution in [1.82, 2.24) is 14.1 Å². The number of aryl methyl sites for hydroxylation is 1. The molecule has 0 unspecified atom stereocenters. The average molecular weight is 243 g/mol. The van der Waals surface area contributed by atoms with E-state index in [9.17, 15) is 9.18 Å².